The van der Waals surface area contributed by atoms with E-state index < -0.39 is 0 Å². The van der Waals surface area contributed by atoms with Gasteiger partial charge in [0.15, 0.2) is 5.69 Å². The lowest BCUT2D eigenvalue weighted by Gasteiger charge is -2.23. The van der Waals surface area contributed by atoms with Crippen LogP contribution >= 0.6 is 12.4 Å². The summed E-state index contributed by atoms with van der Waals surface area (Å²) in [6.07, 6.45) is 5.72. The molecule has 0 radical (unpaired) electrons. The highest BCUT2D eigenvalue weighted by molar-refractivity contribution is 5.92. The van der Waals surface area contributed by atoms with Crippen LogP contribution in [0.4, 0.5) is 0 Å². The summed E-state index contributed by atoms with van der Waals surface area (Å²) in [6.45, 7) is 1.99. The van der Waals surface area contributed by atoms with Crippen molar-refractivity contribution in [3.8, 4) is 0 Å². The summed E-state index contributed by atoms with van der Waals surface area (Å²) in [4.78, 5) is 14.6. The number of nitrogens with zero attached hydrogens (tertiary/aromatic N) is 4. The fourth-order valence-corrected chi connectivity index (χ4v) is 3.78. The van der Waals surface area contributed by atoms with E-state index in [1.54, 1.807) is 0 Å². The topological polar surface area (TPSA) is 63.1 Å². The van der Waals surface area contributed by atoms with E-state index in [1.165, 1.54) is 11.1 Å². The van der Waals surface area contributed by atoms with Crippen molar-refractivity contribution in [1.29, 1.82) is 0 Å². The summed E-state index contributed by atoms with van der Waals surface area (Å²) in [7, 11) is 1.88. The number of hydrogen-bond acceptors (Lipinski definition) is 4. The number of hydrogen-bond donors (Lipinski definition) is 1. The first-order valence-corrected chi connectivity index (χ1v) is 8.69. The van der Waals surface area contributed by atoms with Crippen LogP contribution in [0, 0.1) is 0 Å². The molecule has 134 valence electrons. The van der Waals surface area contributed by atoms with Crippen LogP contribution in [0.2, 0.25) is 0 Å². The summed E-state index contributed by atoms with van der Waals surface area (Å²) >= 11 is 0. The second kappa shape index (κ2) is 7.54. The lowest BCUT2D eigenvalue weighted by atomic mass is 10.1. The molecule has 1 aliphatic carbocycles. The molecule has 2 aromatic rings. The van der Waals surface area contributed by atoms with E-state index in [4.69, 9.17) is 0 Å². The van der Waals surface area contributed by atoms with E-state index in [1.807, 2.05) is 22.8 Å². The minimum Gasteiger partial charge on any atom is -0.337 e. The van der Waals surface area contributed by atoms with Gasteiger partial charge in [0.1, 0.15) is 0 Å². The molecular formula is C18H24ClN5O. The van der Waals surface area contributed by atoms with Gasteiger partial charge in [-0.1, -0.05) is 29.5 Å². The van der Waals surface area contributed by atoms with Crippen molar-refractivity contribution in [2.45, 2.75) is 37.8 Å². The van der Waals surface area contributed by atoms with Crippen LogP contribution in [0.25, 0.3) is 0 Å². The van der Waals surface area contributed by atoms with E-state index in [2.05, 4.69) is 39.9 Å². The van der Waals surface area contributed by atoms with Crippen molar-refractivity contribution >= 4 is 18.3 Å². The molecule has 0 bridgehead atoms. The summed E-state index contributed by atoms with van der Waals surface area (Å²) in [6, 6.07) is 8.99. The Kier molecular flexibility index (Phi) is 5.39. The summed E-state index contributed by atoms with van der Waals surface area (Å²) in [5, 5.41) is 11.7. The van der Waals surface area contributed by atoms with Gasteiger partial charge in [-0.3, -0.25) is 4.79 Å². The summed E-state index contributed by atoms with van der Waals surface area (Å²) < 4.78 is 1.87. The van der Waals surface area contributed by atoms with Crippen LogP contribution in [-0.4, -0.2) is 52.0 Å². The SMILES string of the molecule is CN(C(=O)c1cn(C2CCNCC2)nn1)C1Cc2ccccc2C1.Cl. The molecule has 6 nitrogen and oxygen atoms in total. The number of amides is 1. The van der Waals surface area contributed by atoms with Gasteiger partial charge in [0.05, 0.1) is 12.2 Å². The number of fused-ring (bicyclic) bond motifs is 1. The third kappa shape index (κ3) is 3.55. The van der Waals surface area contributed by atoms with Crippen molar-refractivity contribution in [2.75, 3.05) is 20.1 Å². The highest BCUT2D eigenvalue weighted by atomic mass is 35.5. The van der Waals surface area contributed by atoms with E-state index in [0.717, 1.165) is 38.8 Å². The molecule has 0 unspecified atom stereocenters. The number of carbonyl (C=O) groups is 1. The first kappa shape index (κ1) is 17.9. The van der Waals surface area contributed by atoms with Crippen molar-refractivity contribution < 1.29 is 4.79 Å². The van der Waals surface area contributed by atoms with Crippen molar-refractivity contribution in [3.05, 3.63) is 47.3 Å². The minimum absolute atomic E-state index is 0. The number of rotatable bonds is 3. The molecule has 0 spiro atoms. The average Bonchev–Trinajstić information content (AvgIpc) is 3.28. The molecule has 1 N–H and O–H groups in total. The maximum Gasteiger partial charge on any atom is 0.276 e. The van der Waals surface area contributed by atoms with E-state index in [-0.39, 0.29) is 24.4 Å². The highest BCUT2D eigenvalue weighted by Gasteiger charge is 2.29. The Morgan fingerprint density at radius 3 is 2.48 bits per heavy atom. The lowest BCUT2D eigenvalue weighted by Crippen LogP contribution is -2.37. The predicted molar refractivity (Wildman–Crippen MR) is 98.1 cm³/mol. The first-order chi connectivity index (χ1) is 11.7. The average molecular weight is 362 g/mol. The Morgan fingerprint density at radius 1 is 1.20 bits per heavy atom. The second-order valence-electron chi connectivity index (χ2n) is 6.81. The Hall–Kier alpha value is -1.92. The third-order valence-electron chi connectivity index (χ3n) is 5.31. The van der Waals surface area contributed by atoms with E-state index in [9.17, 15) is 4.79 Å². The number of nitrogens with one attached hydrogen (secondary N) is 1. The fraction of sp³-hybridized carbons (Fsp3) is 0.500. The lowest BCUT2D eigenvalue weighted by molar-refractivity contribution is 0.0731. The van der Waals surface area contributed by atoms with Crippen LogP contribution in [0.15, 0.2) is 30.5 Å². The van der Waals surface area contributed by atoms with Crippen LogP contribution in [0.5, 0.6) is 0 Å². The zero-order valence-electron chi connectivity index (χ0n) is 14.4. The maximum atomic E-state index is 12.8. The van der Waals surface area contributed by atoms with Gasteiger partial charge >= 0.3 is 0 Å². The number of halogens is 1. The molecule has 1 saturated heterocycles. The molecule has 25 heavy (non-hydrogen) atoms. The second-order valence-corrected chi connectivity index (χ2v) is 6.81. The van der Waals surface area contributed by atoms with Gasteiger partial charge in [-0.05, 0) is 49.9 Å². The standard InChI is InChI=1S/C18H23N5O.ClH/c1-22(16-10-13-4-2-3-5-14(13)11-16)18(24)17-12-23(21-20-17)15-6-8-19-9-7-15;/h2-5,12,15-16,19H,6-11H2,1H3;1H. The normalized spacial score (nSPS) is 17.8. The molecule has 1 aromatic heterocycles. The van der Waals surface area contributed by atoms with Crippen LogP contribution in [-0.2, 0) is 12.8 Å². The fourth-order valence-electron chi connectivity index (χ4n) is 3.78. The van der Waals surface area contributed by atoms with Crippen LogP contribution in [0.3, 0.4) is 0 Å². The molecule has 0 atom stereocenters. The molecule has 2 aliphatic rings. The molecule has 1 fully saturated rings. The van der Waals surface area contributed by atoms with E-state index in [0.29, 0.717) is 11.7 Å². The minimum atomic E-state index is -0.0343. The number of benzene rings is 1. The van der Waals surface area contributed by atoms with Crippen LogP contribution < -0.4 is 5.32 Å². The molecule has 4 rings (SSSR count). The number of carbonyl (C=O) groups excluding carboxylic acids is 1. The first-order valence-electron chi connectivity index (χ1n) is 8.69. The molecule has 1 aromatic carbocycles. The largest absolute Gasteiger partial charge is 0.337 e. The number of piperidine rings is 1. The van der Waals surface area contributed by atoms with Crippen LogP contribution in [0.1, 0.15) is 40.5 Å². The Morgan fingerprint density at radius 2 is 1.84 bits per heavy atom. The van der Waals surface area contributed by atoms with Gasteiger partial charge in [-0.2, -0.15) is 0 Å². The van der Waals surface area contributed by atoms with Crippen molar-refractivity contribution in [1.82, 2.24) is 25.2 Å². The summed E-state index contributed by atoms with van der Waals surface area (Å²) in [5.74, 6) is -0.0343. The number of aromatic nitrogens is 3. The van der Waals surface area contributed by atoms with E-state index >= 15 is 0 Å². The summed E-state index contributed by atoms with van der Waals surface area (Å²) in [5.41, 5.74) is 3.15. The van der Waals surface area contributed by atoms with Gasteiger partial charge in [0, 0.05) is 13.1 Å². The molecule has 7 heteroatoms. The van der Waals surface area contributed by atoms with Gasteiger partial charge in [0.25, 0.3) is 5.91 Å². The zero-order valence-corrected chi connectivity index (χ0v) is 15.2. The molecule has 1 amide bonds. The number of likely N-dealkylation sites (N-methyl/N-ethyl adjacent to an activating group) is 1. The van der Waals surface area contributed by atoms with Gasteiger partial charge in [-0.15, -0.1) is 17.5 Å². The quantitative estimate of drug-likeness (QED) is 0.906. The van der Waals surface area contributed by atoms with Crippen molar-refractivity contribution in [2.24, 2.45) is 0 Å². The Bertz CT molecular complexity index is 716. The molecule has 0 saturated carbocycles. The third-order valence-corrected chi connectivity index (χ3v) is 5.31. The van der Waals surface area contributed by atoms with Crippen molar-refractivity contribution in [3.63, 3.8) is 0 Å². The molecule has 2 heterocycles. The van der Waals surface area contributed by atoms with Gasteiger partial charge in [-0.25, -0.2) is 4.68 Å². The smallest absolute Gasteiger partial charge is 0.276 e. The molecule has 1 aliphatic heterocycles. The predicted octanol–water partition coefficient (Wildman–Crippen LogP) is 1.86. The molecular weight excluding hydrogens is 338 g/mol. The Labute approximate surface area is 154 Å². The highest BCUT2D eigenvalue weighted by Crippen LogP contribution is 2.25. The van der Waals surface area contributed by atoms with Gasteiger partial charge in [0.2, 0.25) is 0 Å². The van der Waals surface area contributed by atoms with Gasteiger partial charge < -0.3 is 10.2 Å². The zero-order chi connectivity index (χ0) is 16.5. The Balaban J connectivity index is 0.00000182. The monoisotopic (exact) mass is 361 g/mol. The maximum absolute atomic E-state index is 12.8.